The van der Waals surface area contributed by atoms with Crippen LogP contribution in [0.2, 0.25) is 0 Å². The number of ether oxygens (including phenoxy) is 1. The standard InChI is InChI=1S/C22H18F2N4O3S3/c1-3-31-14-7-5-13(6-8-14)28-19-18(34-22(28)32)20(30)27(2)21(26-19)33-11-17(29)25-12-4-9-15(23)16(24)10-12/h4-10H,3,11H2,1-2H3,(H,25,29). The number of rotatable bonds is 7. The van der Waals surface area contributed by atoms with Gasteiger partial charge in [-0.2, -0.15) is 0 Å². The third kappa shape index (κ3) is 4.88. The Morgan fingerprint density at radius 1 is 1.21 bits per heavy atom. The summed E-state index contributed by atoms with van der Waals surface area (Å²) in [7, 11) is 1.56. The smallest absolute Gasteiger partial charge is 0.273 e. The quantitative estimate of drug-likeness (QED) is 0.212. The average Bonchev–Trinajstić information content (AvgIpc) is 3.14. The summed E-state index contributed by atoms with van der Waals surface area (Å²) in [6, 6.07) is 10.4. The number of carbonyl (C=O) groups excluding carboxylic acids is 1. The minimum Gasteiger partial charge on any atom is -0.494 e. The number of benzene rings is 2. The molecule has 2 heterocycles. The van der Waals surface area contributed by atoms with Crippen LogP contribution in [-0.2, 0) is 11.8 Å². The summed E-state index contributed by atoms with van der Waals surface area (Å²) in [5, 5.41) is 2.81. The molecule has 0 saturated carbocycles. The molecule has 1 amide bonds. The van der Waals surface area contributed by atoms with Crippen LogP contribution < -0.4 is 15.6 Å². The summed E-state index contributed by atoms with van der Waals surface area (Å²) >= 11 is 7.70. The Bertz CT molecular complexity index is 1500. The molecule has 0 aliphatic heterocycles. The summed E-state index contributed by atoms with van der Waals surface area (Å²) in [5.41, 5.74) is 0.969. The van der Waals surface area contributed by atoms with E-state index in [4.69, 9.17) is 17.0 Å². The van der Waals surface area contributed by atoms with Gasteiger partial charge in [-0.15, -0.1) is 0 Å². The molecular weight excluding hydrogens is 502 g/mol. The number of fused-ring (bicyclic) bond motifs is 1. The van der Waals surface area contributed by atoms with Gasteiger partial charge in [-0.25, -0.2) is 13.8 Å². The highest BCUT2D eigenvalue weighted by molar-refractivity contribution is 7.99. The second-order valence-electron chi connectivity index (χ2n) is 7.01. The summed E-state index contributed by atoms with van der Waals surface area (Å²) in [6.45, 7) is 2.44. The Labute approximate surface area is 206 Å². The molecule has 7 nitrogen and oxygen atoms in total. The van der Waals surface area contributed by atoms with Crippen LogP contribution in [0.25, 0.3) is 16.0 Å². The number of hydrogen-bond acceptors (Lipinski definition) is 7. The maximum absolute atomic E-state index is 13.4. The maximum atomic E-state index is 13.4. The van der Waals surface area contributed by atoms with Crippen molar-refractivity contribution in [2.45, 2.75) is 12.1 Å². The topological polar surface area (TPSA) is 78.1 Å². The summed E-state index contributed by atoms with van der Waals surface area (Å²) in [4.78, 5) is 29.9. The molecule has 176 valence electrons. The number of amides is 1. The maximum Gasteiger partial charge on any atom is 0.273 e. The molecule has 0 atom stereocenters. The molecule has 34 heavy (non-hydrogen) atoms. The van der Waals surface area contributed by atoms with Crippen molar-refractivity contribution in [1.29, 1.82) is 0 Å². The number of nitrogens with one attached hydrogen (secondary N) is 1. The lowest BCUT2D eigenvalue weighted by atomic mass is 10.3. The Hall–Kier alpha value is -3.09. The van der Waals surface area contributed by atoms with Gasteiger partial charge in [0, 0.05) is 24.5 Å². The van der Waals surface area contributed by atoms with Gasteiger partial charge >= 0.3 is 0 Å². The zero-order valence-electron chi connectivity index (χ0n) is 18.0. The number of nitrogens with zero attached hydrogens (tertiary/aromatic N) is 3. The molecule has 12 heteroatoms. The van der Waals surface area contributed by atoms with Crippen LogP contribution in [0.15, 0.2) is 52.4 Å². The van der Waals surface area contributed by atoms with Crippen molar-refractivity contribution in [3.8, 4) is 11.4 Å². The molecule has 0 aliphatic rings. The normalized spacial score (nSPS) is 11.1. The van der Waals surface area contributed by atoms with Crippen LogP contribution in [0.5, 0.6) is 5.75 Å². The molecule has 1 N–H and O–H groups in total. The monoisotopic (exact) mass is 520 g/mol. The van der Waals surface area contributed by atoms with Crippen LogP contribution in [0.3, 0.4) is 0 Å². The van der Waals surface area contributed by atoms with Crippen LogP contribution in [0.4, 0.5) is 14.5 Å². The fourth-order valence-electron chi connectivity index (χ4n) is 3.13. The second-order valence-corrected chi connectivity index (χ2v) is 9.59. The SMILES string of the molecule is CCOc1ccc(-n2c(=S)sc3c(=O)n(C)c(SCC(=O)Nc4ccc(F)c(F)c4)nc32)cc1. The number of thiazole rings is 1. The largest absolute Gasteiger partial charge is 0.494 e. The van der Waals surface area contributed by atoms with Crippen molar-refractivity contribution >= 4 is 57.3 Å². The minimum absolute atomic E-state index is 0.0985. The van der Waals surface area contributed by atoms with Crippen LogP contribution in [-0.4, -0.2) is 32.4 Å². The summed E-state index contributed by atoms with van der Waals surface area (Å²) < 4.78 is 35.8. The second kappa shape index (κ2) is 10.0. The minimum atomic E-state index is -1.06. The highest BCUT2D eigenvalue weighted by atomic mass is 32.2. The van der Waals surface area contributed by atoms with E-state index >= 15 is 0 Å². The predicted octanol–water partition coefficient (Wildman–Crippen LogP) is 4.92. The molecular formula is C22H18F2N4O3S3. The molecule has 2 aromatic heterocycles. The van der Waals surface area contributed by atoms with E-state index in [1.165, 1.54) is 10.6 Å². The highest BCUT2D eigenvalue weighted by Crippen LogP contribution is 2.26. The van der Waals surface area contributed by atoms with Crippen molar-refractivity contribution in [2.75, 3.05) is 17.7 Å². The highest BCUT2D eigenvalue weighted by Gasteiger charge is 2.17. The molecule has 0 saturated heterocycles. The average molecular weight is 521 g/mol. The fraction of sp³-hybridized carbons (Fsp3) is 0.182. The van der Waals surface area contributed by atoms with Crippen molar-refractivity contribution in [3.63, 3.8) is 0 Å². The predicted molar refractivity (Wildman–Crippen MR) is 132 cm³/mol. The Kier molecular flexibility index (Phi) is 7.10. The van der Waals surface area contributed by atoms with Gasteiger partial charge in [-0.1, -0.05) is 23.1 Å². The van der Waals surface area contributed by atoms with E-state index in [1.807, 2.05) is 31.2 Å². The van der Waals surface area contributed by atoms with E-state index in [9.17, 15) is 18.4 Å². The van der Waals surface area contributed by atoms with E-state index in [-0.39, 0.29) is 17.0 Å². The number of anilines is 1. The Balaban J connectivity index is 1.62. The Morgan fingerprint density at radius 3 is 2.62 bits per heavy atom. The van der Waals surface area contributed by atoms with Gasteiger partial charge in [0.1, 0.15) is 10.4 Å². The third-order valence-electron chi connectivity index (χ3n) is 4.72. The molecule has 4 aromatic rings. The zero-order valence-corrected chi connectivity index (χ0v) is 20.5. The molecule has 0 radical (unpaired) electrons. The number of halogens is 2. The van der Waals surface area contributed by atoms with E-state index in [1.54, 1.807) is 11.6 Å². The van der Waals surface area contributed by atoms with Crippen LogP contribution >= 0.6 is 35.3 Å². The fourth-order valence-corrected chi connectivity index (χ4v) is 5.24. The third-order valence-corrected chi connectivity index (χ3v) is 7.10. The first-order valence-corrected chi connectivity index (χ1v) is 12.2. The van der Waals surface area contributed by atoms with Crippen molar-refractivity contribution in [3.05, 3.63) is 68.4 Å². The zero-order chi connectivity index (χ0) is 24.4. The van der Waals surface area contributed by atoms with Gasteiger partial charge in [0.05, 0.1) is 12.4 Å². The first kappa shape index (κ1) is 24.0. The van der Waals surface area contributed by atoms with E-state index in [0.717, 1.165) is 40.9 Å². The number of thioether (sulfide) groups is 1. The first-order valence-electron chi connectivity index (χ1n) is 10.0. The van der Waals surface area contributed by atoms with E-state index < -0.39 is 17.5 Å². The van der Waals surface area contributed by atoms with Crippen LogP contribution in [0, 0.1) is 15.6 Å². The molecule has 0 unspecified atom stereocenters. The lowest BCUT2D eigenvalue weighted by Gasteiger charge is -2.10. The van der Waals surface area contributed by atoms with Crippen molar-refractivity contribution < 1.29 is 18.3 Å². The molecule has 4 rings (SSSR count). The lowest BCUT2D eigenvalue weighted by Crippen LogP contribution is -2.21. The number of carbonyl (C=O) groups is 1. The molecule has 0 fully saturated rings. The van der Waals surface area contributed by atoms with Gasteiger partial charge in [-0.05, 0) is 55.5 Å². The Morgan fingerprint density at radius 2 is 1.94 bits per heavy atom. The molecule has 0 spiro atoms. The first-order chi connectivity index (χ1) is 16.3. The van der Waals surface area contributed by atoms with Gasteiger partial charge in [-0.3, -0.25) is 18.7 Å². The van der Waals surface area contributed by atoms with Crippen LogP contribution in [0.1, 0.15) is 6.92 Å². The number of hydrogen-bond donors (Lipinski definition) is 1. The van der Waals surface area contributed by atoms with E-state index in [2.05, 4.69) is 10.3 Å². The van der Waals surface area contributed by atoms with Gasteiger partial charge in [0.2, 0.25) is 5.91 Å². The number of aromatic nitrogens is 3. The van der Waals surface area contributed by atoms with Crippen molar-refractivity contribution in [1.82, 2.24) is 14.1 Å². The van der Waals surface area contributed by atoms with Crippen molar-refractivity contribution in [2.24, 2.45) is 7.05 Å². The molecule has 0 aliphatic carbocycles. The van der Waals surface area contributed by atoms with Gasteiger partial charge in [0.25, 0.3) is 5.56 Å². The molecule has 2 aromatic carbocycles. The van der Waals surface area contributed by atoms with E-state index in [0.29, 0.717) is 31.8 Å². The van der Waals surface area contributed by atoms with Gasteiger partial charge < -0.3 is 10.1 Å². The van der Waals surface area contributed by atoms with Gasteiger partial charge in [0.15, 0.2) is 26.4 Å². The summed E-state index contributed by atoms with van der Waals surface area (Å²) in [6.07, 6.45) is 0. The summed E-state index contributed by atoms with van der Waals surface area (Å²) in [5.74, 6) is -1.91. The molecule has 0 bridgehead atoms. The lowest BCUT2D eigenvalue weighted by molar-refractivity contribution is -0.113.